The van der Waals surface area contributed by atoms with Gasteiger partial charge in [0.1, 0.15) is 0 Å². The summed E-state index contributed by atoms with van der Waals surface area (Å²) < 4.78 is 0. The van der Waals surface area contributed by atoms with Crippen LogP contribution < -0.4 is 10.6 Å². The molecule has 0 aliphatic heterocycles. The molecule has 0 amide bonds. The van der Waals surface area contributed by atoms with Gasteiger partial charge in [0.25, 0.3) is 0 Å². The van der Waals surface area contributed by atoms with E-state index in [1.165, 1.54) is 36.8 Å². The van der Waals surface area contributed by atoms with Gasteiger partial charge in [0.15, 0.2) is 5.96 Å². The Morgan fingerprint density at radius 1 is 1.12 bits per heavy atom. The third kappa shape index (κ3) is 5.23. The number of hydrogen-bond donors (Lipinski definition) is 2. The molecule has 4 nitrogen and oxygen atoms in total. The first-order valence-corrected chi connectivity index (χ1v) is 9.32. The number of nitrogens with one attached hydrogen (secondary N) is 2. The lowest BCUT2D eigenvalue weighted by Gasteiger charge is -2.41. The number of aliphatic imine (C=N–C) groups is 1. The van der Waals surface area contributed by atoms with Gasteiger partial charge in [0.2, 0.25) is 0 Å². The molecule has 0 bridgehead atoms. The zero-order chi connectivity index (χ0) is 17.4. The van der Waals surface area contributed by atoms with Gasteiger partial charge in [-0.2, -0.15) is 0 Å². The van der Waals surface area contributed by atoms with Crippen molar-refractivity contribution in [3.63, 3.8) is 0 Å². The molecule has 1 aliphatic rings. The zero-order valence-electron chi connectivity index (χ0n) is 15.9. The van der Waals surface area contributed by atoms with Crippen LogP contribution in [0.5, 0.6) is 0 Å². The Morgan fingerprint density at radius 2 is 1.83 bits per heavy atom. The van der Waals surface area contributed by atoms with Crippen molar-refractivity contribution in [2.24, 2.45) is 10.4 Å². The highest BCUT2D eigenvalue weighted by Crippen LogP contribution is 2.42. The van der Waals surface area contributed by atoms with Crippen LogP contribution in [0.15, 0.2) is 29.3 Å². The smallest absolute Gasteiger partial charge is 0.191 e. The number of hydrogen-bond acceptors (Lipinski definition) is 2. The lowest BCUT2D eigenvalue weighted by molar-refractivity contribution is 0.131. The molecule has 0 aromatic heterocycles. The molecular formula is C20H34N4. The first-order chi connectivity index (χ1) is 11.6. The summed E-state index contributed by atoms with van der Waals surface area (Å²) in [5, 5.41) is 6.96. The third-order valence-corrected chi connectivity index (χ3v) is 5.15. The van der Waals surface area contributed by atoms with Crippen molar-refractivity contribution in [2.45, 2.75) is 52.6 Å². The third-order valence-electron chi connectivity index (χ3n) is 5.15. The highest BCUT2D eigenvalue weighted by molar-refractivity contribution is 5.79. The second-order valence-corrected chi connectivity index (χ2v) is 7.26. The molecule has 0 saturated heterocycles. The van der Waals surface area contributed by atoms with E-state index < -0.39 is 0 Å². The summed E-state index contributed by atoms with van der Waals surface area (Å²) in [6.45, 7) is 8.03. The molecule has 0 spiro atoms. The second-order valence-electron chi connectivity index (χ2n) is 7.26. The Balaban J connectivity index is 2.00. The van der Waals surface area contributed by atoms with Crippen molar-refractivity contribution in [3.05, 3.63) is 35.4 Å². The molecule has 1 fully saturated rings. The summed E-state index contributed by atoms with van der Waals surface area (Å²) in [6, 6.07) is 8.60. The van der Waals surface area contributed by atoms with Gasteiger partial charge >= 0.3 is 0 Å². The maximum Gasteiger partial charge on any atom is 0.191 e. The van der Waals surface area contributed by atoms with Crippen molar-refractivity contribution < 1.29 is 0 Å². The fourth-order valence-electron chi connectivity index (χ4n) is 3.32. The van der Waals surface area contributed by atoms with Gasteiger partial charge in [-0.15, -0.1) is 0 Å². The van der Waals surface area contributed by atoms with Crippen molar-refractivity contribution in [2.75, 3.05) is 27.2 Å². The van der Waals surface area contributed by atoms with E-state index >= 15 is 0 Å². The van der Waals surface area contributed by atoms with Crippen molar-refractivity contribution in [1.29, 1.82) is 0 Å². The van der Waals surface area contributed by atoms with E-state index in [0.717, 1.165) is 32.1 Å². The Bertz CT molecular complexity index is 527. The summed E-state index contributed by atoms with van der Waals surface area (Å²) in [5.41, 5.74) is 3.15. The van der Waals surface area contributed by atoms with Gasteiger partial charge < -0.3 is 15.5 Å². The minimum absolute atomic E-state index is 0.499. The summed E-state index contributed by atoms with van der Waals surface area (Å²) in [7, 11) is 4.21. The highest BCUT2D eigenvalue weighted by Gasteiger charge is 2.34. The summed E-state index contributed by atoms with van der Waals surface area (Å²) >= 11 is 0. The van der Waals surface area contributed by atoms with Crippen LogP contribution in [-0.4, -0.2) is 38.0 Å². The lowest BCUT2D eigenvalue weighted by atomic mass is 9.67. The predicted octanol–water partition coefficient (Wildman–Crippen LogP) is 3.38. The van der Waals surface area contributed by atoms with Crippen molar-refractivity contribution in [1.82, 2.24) is 15.5 Å². The van der Waals surface area contributed by atoms with Crippen LogP contribution in [0.1, 0.15) is 50.7 Å². The van der Waals surface area contributed by atoms with Crippen molar-refractivity contribution >= 4 is 5.96 Å². The van der Waals surface area contributed by atoms with Crippen LogP contribution >= 0.6 is 0 Å². The molecule has 1 saturated carbocycles. The Labute approximate surface area is 147 Å². The maximum atomic E-state index is 4.82. The maximum absolute atomic E-state index is 4.82. The van der Waals surface area contributed by atoms with E-state index in [-0.39, 0.29) is 0 Å². The van der Waals surface area contributed by atoms with E-state index in [1.54, 1.807) is 0 Å². The minimum atomic E-state index is 0.499. The molecule has 0 unspecified atom stereocenters. The van der Waals surface area contributed by atoms with E-state index in [0.29, 0.717) is 5.41 Å². The normalized spacial score (nSPS) is 16.8. The highest BCUT2D eigenvalue weighted by atomic mass is 15.2. The largest absolute Gasteiger partial charge is 0.357 e. The molecule has 2 rings (SSSR count). The van der Waals surface area contributed by atoms with Crippen LogP contribution in [0, 0.1) is 5.41 Å². The molecule has 2 N–H and O–H groups in total. The molecular weight excluding hydrogens is 296 g/mol. The summed E-state index contributed by atoms with van der Waals surface area (Å²) in [4.78, 5) is 7.03. The molecule has 0 heterocycles. The summed E-state index contributed by atoms with van der Waals surface area (Å²) in [5.74, 6) is 0.942. The van der Waals surface area contributed by atoms with Gasteiger partial charge in [0.05, 0.1) is 6.54 Å². The Morgan fingerprint density at radius 3 is 2.38 bits per heavy atom. The fraction of sp³-hybridized carbons (Fsp3) is 0.650. The number of nitrogens with zero attached hydrogens (tertiary/aromatic N) is 2. The second kappa shape index (κ2) is 9.07. The fourth-order valence-corrected chi connectivity index (χ4v) is 3.32. The quantitative estimate of drug-likeness (QED) is 0.567. The summed E-state index contributed by atoms with van der Waals surface area (Å²) in [6.07, 6.45) is 5.33. The molecule has 0 atom stereocenters. The van der Waals surface area contributed by atoms with Gasteiger partial charge in [-0.25, -0.2) is 4.99 Å². The SMILES string of the molecule is CCNC(=NCc1ccccc1CN(C)C)NCC1(CC)CCC1. The first-order valence-electron chi connectivity index (χ1n) is 9.32. The Kier molecular flexibility index (Phi) is 7.10. The topological polar surface area (TPSA) is 39.7 Å². The van der Waals surface area contributed by atoms with E-state index in [1.807, 2.05) is 0 Å². The van der Waals surface area contributed by atoms with Gasteiger partial charge in [-0.05, 0) is 56.8 Å². The van der Waals surface area contributed by atoms with Crippen molar-refractivity contribution in [3.8, 4) is 0 Å². The van der Waals surface area contributed by atoms with E-state index in [2.05, 4.69) is 67.7 Å². The minimum Gasteiger partial charge on any atom is -0.357 e. The van der Waals surface area contributed by atoms with E-state index in [9.17, 15) is 0 Å². The number of benzene rings is 1. The Hall–Kier alpha value is -1.55. The van der Waals surface area contributed by atoms with Gasteiger partial charge in [-0.1, -0.05) is 37.6 Å². The molecule has 0 radical (unpaired) electrons. The van der Waals surface area contributed by atoms with E-state index in [4.69, 9.17) is 4.99 Å². The molecule has 24 heavy (non-hydrogen) atoms. The first kappa shape index (κ1) is 18.8. The molecule has 134 valence electrons. The average Bonchev–Trinajstić information content (AvgIpc) is 2.52. The van der Waals surface area contributed by atoms with Crippen LogP contribution in [0.4, 0.5) is 0 Å². The lowest BCUT2D eigenvalue weighted by Crippen LogP contribution is -2.46. The monoisotopic (exact) mass is 330 g/mol. The van der Waals surface area contributed by atoms with Gasteiger partial charge in [-0.3, -0.25) is 0 Å². The molecule has 1 aliphatic carbocycles. The molecule has 4 heteroatoms. The van der Waals surface area contributed by atoms with Crippen LogP contribution in [-0.2, 0) is 13.1 Å². The van der Waals surface area contributed by atoms with Crippen LogP contribution in [0.25, 0.3) is 0 Å². The zero-order valence-corrected chi connectivity index (χ0v) is 15.9. The number of guanidine groups is 1. The van der Waals surface area contributed by atoms with Crippen LogP contribution in [0.3, 0.4) is 0 Å². The van der Waals surface area contributed by atoms with Crippen LogP contribution in [0.2, 0.25) is 0 Å². The molecule has 1 aromatic rings. The average molecular weight is 331 g/mol. The molecule has 1 aromatic carbocycles. The van der Waals surface area contributed by atoms with Gasteiger partial charge in [0, 0.05) is 19.6 Å². The predicted molar refractivity (Wildman–Crippen MR) is 103 cm³/mol. The number of rotatable bonds is 8. The standard InChI is InChI=1S/C20H34N4/c1-5-20(12-9-13-20)16-23-19(21-6-2)22-14-17-10-7-8-11-18(17)15-24(3)4/h7-8,10-11H,5-6,9,12-16H2,1-4H3,(H2,21,22,23).